The molecular weight excluding hydrogens is 360 g/mol. The van der Waals surface area contributed by atoms with Crippen LogP contribution in [0.2, 0.25) is 0 Å². The summed E-state index contributed by atoms with van der Waals surface area (Å²) in [5.41, 5.74) is -0.205. The van der Waals surface area contributed by atoms with Crippen LogP contribution in [-0.2, 0) is 12.6 Å². The van der Waals surface area contributed by atoms with E-state index in [0.29, 0.717) is 28.8 Å². The first kappa shape index (κ1) is 17.7. The summed E-state index contributed by atoms with van der Waals surface area (Å²) in [5, 5.41) is 0.477. The van der Waals surface area contributed by atoms with E-state index in [9.17, 15) is 22.4 Å². The van der Waals surface area contributed by atoms with Gasteiger partial charge in [-0.1, -0.05) is 18.2 Å². The highest BCUT2D eigenvalue weighted by molar-refractivity contribution is 5.87. The Bertz CT molecular complexity index is 1070. The smallest absolute Gasteiger partial charge is 0.260 e. The summed E-state index contributed by atoms with van der Waals surface area (Å²) in [4.78, 5) is 16.8. The van der Waals surface area contributed by atoms with Gasteiger partial charge in [0, 0.05) is 5.39 Å². The Hall–Kier alpha value is -2.70. The van der Waals surface area contributed by atoms with E-state index in [1.54, 1.807) is 37.3 Å². The van der Waals surface area contributed by atoms with Crippen LogP contribution in [-0.4, -0.2) is 15.7 Å². The zero-order chi connectivity index (χ0) is 19.3. The van der Waals surface area contributed by atoms with Crippen molar-refractivity contribution >= 4 is 10.9 Å². The minimum Gasteiger partial charge on any atom is -0.260 e. The summed E-state index contributed by atoms with van der Waals surface area (Å²) in [7, 11) is 0. The Labute approximate surface area is 152 Å². The molecule has 0 spiro atoms. The summed E-state index contributed by atoms with van der Waals surface area (Å²) in [5.74, 6) is -0.227. The molecule has 0 N–H and O–H groups in total. The number of aryl methyl sites for hydroxylation is 1. The second-order valence-corrected chi connectivity index (χ2v) is 6.91. The van der Waals surface area contributed by atoms with Crippen LogP contribution >= 0.6 is 0 Å². The summed E-state index contributed by atoms with van der Waals surface area (Å²) >= 11 is 0. The molecule has 2 aromatic carbocycles. The number of halogens is 4. The van der Waals surface area contributed by atoms with Crippen molar-refractivity contribution in [3.8, 4) is 5.69 Å². The van der Waals surface area contributed by atoms with Crippen molar-refractivity contribution < 1.29 is 17.6 Å². The van der Waals surface area contributed by atoms with Crippen molar-refractivity contribution in [2.75, 3.05) is 0 Å². The van der Waals surface area contributed by atoms with Crippen LogP contribution in [0.1, 0.15) is 23.2 Å². The minimum absolute atomic E-state index is 0.139. The van der Waals surface area contributed by atoms with Crippen molar-refractivity contribution in [3.05, 3.63) is 69.8 Å². The van der Waals surface area contributed by atoms with Crippen molar-refractivity contribution in [3.63, 3.8) is 0 Å². The van der Waals surface area contributed by atoms with E-state index >= 15 is 0 Å². The largest absolute Gasteiger partial charge is 0.416 e. The van der Waals surface area contributed by atoms with Crippen LogP contribution in [0.4, 0.5) is 17.6 Å². The second-order valence-electron chi connectivity index (χ2n) is 6.91. The van der Waals surface area contributed by atoms with Gasteiger partial charge in [-0.15, -0.1) is 0 Å². The molecule has 0 aliphatic heterocycles. The monoisotopic (exact) mass is 376 g/mol. The molecule has 0 amide bonds. The van der Waals surface area contributed by atoms with Gasteiger partial charge in [0.05, 0.1) is 22.5 Å². The molecule has 1 aliphatic carbocycles. The van der Waals surface area contributed by atoms with Gasteiger partial charge in [-0.25, -0.2) is 9.18 Å². The molecule has 3 nitrogen and oxygen atoms in total. The Balaban J connectivity index is 2.05. The number of hydrogen-bond donors (Lipinski definition) is 0. The summed E-state index contributed by atoms with van der Waals surface area (Å²) in [6, 6.07) is 10.4. The number of aromatic nitrogens is 2. The third-order valence-corrected chi connectivity index (χ3v) is 4.90. The van der Waals surface area contributed by atoms with Crippen LogP contribution in [0.25, 0.3) is 16.6 Å². The highest BCUT2D eigenvalue weighted by atomic mass is 19.4. The Morgan fingerprint density at radius 3 is 2.44 bits per heavy atom. The average Bonchev–Trinajstić information content (AvgIpc) is 3.29. The van der Waals surface area contributed by atoms with Crippen LogP contribution in [0.15, 0.2) is 47.3 Å². The fourth-order valence-corrected chi connectivity index (χ4v) is 3.45. The molecule has 0 radical (unpaired) electrons. The van der Waals surface area contributed by atoms with Crippen molar-refractivity contribution in [2.24, 2.45) is 5.92 Å². The number of hydrogen-bond acceptors (Lipinski definition) is 2. The molecule has 27 heavy (non-hydrogen) atoms. The first-order valence-corrected chi connectivity index (χ1v) is 8.58. The van der Waals surface area contributed by atoms with E-state index in [1.165, 1.54) is 4.57 Å². The lowest BCUT2D eigenvalue weighted by atomic mass is 10.0. The molecule has 2 atom stereocenters. The standard InChI is InChI=1S/C20H16F4N2O/c1-11-7-13(20(22,23)24)10-17-18(11)16(9-12-8-15(12)21)25-19(27)26(17)14-5-3-2-4-6-14/h2-7,10,12,15H,8-9H2,1H3/t12-,15+/m1/s1. The quantitative estimate of drug-likeness (QED) is 0.626. The van der Waals surface area contributed by atoms with Crippen molar-refractivity contribution in [1.82, 2.24) is 9.55 Å². The van der Waals surface area contributed by atoms with Gasteiger partial charge in [-0.2, -0.15) is 18.2 Å². The lowest BCUT2D eigenvalue weighted by Crippen LogP contribution is -2.24. The number of benzene rings is 2. The third-order valence-electron chi connectivity index (χ3n) is 4.90. The molecular formula is C20H16F4N2O. The predicted molar refractivity (Wildman–Crippen MR) is 93.8 cm³/mol. The highest BCUT2D eigenvalue weighted by Crippen LogP contribution is 2.39. The van der Waals surface area contributed by atoms with E-state index < -0.39 is 23.6 Å². The fraction of sp³-hybridized carbons (Fsp3) is 0.300. The number of para-hydroxylation sites is 1. The molecule has 4 rings (SSSR count). The molecule has 1 saturated carbocycles. The van der Waals surface area contributed by atoms with Gasteiger partial charge in [0.1, 0.15) is 6.17 Å². The molecule has 1 aliphatic rings. The van der Waals surface area contributed by atoms with Gasteiger partial charge in [-0.3, -0.25) is 4.57 Å². The van der Waals surface area contributed by atoms with E-state index in [2.05, 4.69) is 4.98 Å². The highest BCUT2D eigenvalue weighted by Gasteiger charge is 2.38. The molecule has 1 aromatic heterocycles. The number of alkyl halides is 4. The predicted octanol–water partition coefficient (Wildman–Crippen LogP) is 4.61. The first-order valence-electron chi connectivity index (χ1n) is 8.58. The summed E-state index contributed by atoms with van der Waals surface area (Å²) < 4.78 is 54.6. The molecule has 7 heteroatoms. The normalized spacial score (nSPS) is 19.4. The van der Waals surface area contributed by atoms with Crippen molar-refractivity contribution in [2.45, 2.75) is 32.1 Å². The maximum absolute atomic E-state index is 13.4. The number of fused-ring (bicyclic) bond motifs is 1. The Morgan fingerprint density at radius 2 is 1.85 bits per heavy atom. The lowest BCUT2D eigenvalue weighted by molar-refractivity contribution is -0.137. The summed E-state index contributed by atoms with van der Waals surface area (Å²) in [6.07, 6.45) is -4.84. The fourth-order valence-electron chi connectivity index (χ4n) is 3.45. The van der Waals surface area contributed by atoms with E-state index in [4.69, 9.17) is 0 Å². The van der Waals surface area contributed by atoms with Gasteiger partial charge >= 0.3 is 11.9 Å². The zero-order valence-corrected chi connectivity index (χ0v) is 14.4. The maximum atomic E-state index is 13.4. The van der Waals surface area contributed by atoms with E-state index in [0.717, 1.165) is 12.1 Å². The maximum Gasteiger partial charge on any atom is 0.416 e. The number of rotatable bonds is 3. The molecule has 1 heterocycles. The molecule has 1 fully saturated rings. The van der Waals surface area contributed by atoms with Gasteiger partial charge in [0.2, 0.25) is 0 Å². The molecule has 3 aromatic rings. The van der Waals surface area contributed by atoms with Crippen LogP contribution in [0.5, 0.6) is 0 Å². The second kappa shape index (κ2) is 6.18. The molecule has 140 valence electrons. The van der Waals surface area contributed by atoms with Gasteiger partial charge in [0.15, 0.2) is 0 Å². The third kappa shape index (κ3) is 3.22. The van der Waals surface area contributed by atoms with Crippen LogP contribution < -0.4 is 5.69 Å². The SMILES string of the molecule is Cc1cc(C(F)(F)F)cc2c1c(C[C@H]1C[C@@H]1F)nc(=O)n2-c1ccccc1. The van der Waals surface area contributed by atoms with Crippen LogP contribution in [0.3, 0.4) is 0 Å². The lowest BCUT2D eigenvalue weighted by Gasteiger charge is -2.17. The van der Waals surface area contributed by atoms with Gasteiger partial charge in [0.25, 0.3) is 0 Å². The number of nitrogens with zero attached hydrogens (tertiary/aromatic N) is 2. The Kier molecular flexibility index (Phi) is 4.05. The van der Waals surface area contributed by atoms with E-state index in [-0.39, 0.29) is 17.9 Å². The van der Waals surface area contributed by atoms with Crippen molar-refractivity contribution in [1.29, 1.82) is 0 Å². The molecule has 0 saturated heterocycles. The van der Waals surface area contributed by atoms with E-state index in [1.807, 2.05) is 0 Å². The summed E-state index contributed by atoms with van der Waals surface area (Å²) in [6.45, 7) is 1.56. The topological polar surface area (TPSA) is 34.9 Å². The minimum atomic E-state index is -4.54. The molecule has 0 bridgehead atoms. The van der Waals surface area contributed by atoms with Gasteiger partial charge in [-0.05, 0) is 55.5 Å². The first-order chi connectivity index (χ1) is 12.8. The zero-order valence-electron chi connectivity index (χ0n) is 14.4. The van der Waals surface area contributed by atoms with Gasteiger partial charge < -0.3 is 0 Å². The average molecular weight is 376 g/mol. The Morgan fingerprint density at radius 1 is 1.19 bits per heavy atom. The molecule has 0 unspecified atom stereocenters. The van der Waals surface area contributed by atoms with Crippen LogP contribution in [0, 0.1) is 12.8 Å².